The van der Waals surface area contributed by atoms with E-state index in [2.05, 4.69) is 4.98 Å². The van der Waals surface area contributed by atoms with Crippen molar-refractivity contribution in [2.45, 2.75) is 6.61 Å². The lowest BCUT2D eigenvalue weighted by molar-refractivity contribution is 0.0473. The lowest BCUT2D eigenvalue weighted by Crippen LogP contribution is -2.08. The Labute approximate surface area is 108 Å². The molecule has 0 bridgehead atoms. The second-order valence-corrected chi connectivity index (χ2v) is 4.43. The molecule has 2 rings (SSSR count). The minimum absolute atomic E-state index is 0.146. The predicted molar refractivity (Wildman–Crippen MR) is 68.6 cm³/mol. The van der Waals surface area contributed by atoms with E-state index in [-0.39, 0.29) is 6.61 Å². The largest absolute Gasteiger partial charge is 0.497 e. The molecule has 0 fully saturated rings. The summed E-state index contributed by atoms with van der Waals surface area (Å²) in [4.78, 5) is 15.9. The number of benzene rings is 1. The summed E-state index contributed by atoms with van der Waals surface area (Å²) in [6, 6.07) is 4.85. The number of thiazole rings is 1. The molecule has 1 heterocycles. The number of esters is 1. The normalized spacial score (nSPS) is 10.1. The van der Waals surface area contributed by atoms with Crippen molar-refractivity contribution in [3.8, 4) is 5.75 Å². The molecule has 0 saturated heterocycles. The van der Waals surface area contributed by atoms with E-state index in [1.165, 1.54) is 18.4 Å². The number of anilines is 1. The number of carbonyl (C=O) groups is 1. The lowest BCUT2D eigenvalue weighted by Gasteiger charge is -2.07. The maximum absolute atomic E-state index is 11.8. The number of hydrogen-bond acceptors (Lipinski definition) is 6. The summed E-state index contributed by atoms with van der Waals surface area (Å²) in [6.07, 6.45) is 1.66. The first kappa shape index (κ1) is 12.4. The average Bonchev–Trinajstić information content (AvgIpc) is 2.89. The van der Waals surface area contributed by atoms with Gasteiger partial charge in [-0.1, -0.05) is 0 Å². The first-order valence-electron chi connectivity index (χ1n) is 5.19. The Morgan fingerprint density at radius 2 is 2.33 bits per heavy atom. The molecule has 0 aliphatic heterocycles. The maximum atomic E-state index is 11.8. The van der Waals surface area contributed by atoms with Crippen molar-refractivity contribution in [3.05, 3.63) is 40.3 Å². The summed E-state index contributed by atoms with van der Waals surface area (Å²) in [5.74, 6) is 0.0759. The lowest BCUT2D eigenvalue weighted by atomic mass is 10.2. The summed E-state index contributed by atoms with van der Waals surface area (Å²) in [5, 5.41) is 2.56. The van der Waals surface area contributed by atoms with Gasteiger partial charge >= 0.3 is 5.97 Å². The maximum Gasteiger partial charge on any atom is 0.340 e. The van der Waals surface area contributed by atoms with Crippen molar-refractivity contribution in [2.24, 2.45) is 0 Å². The van der Waals surface area contributed by atoms with Gasteiger partial charge in [-0.05, 0) is 18.2 Å². The quantitative estimate of drug-likeness (QED) is 0.676. The van der Waals surface area contributed by atoms with E-state index in [0.29, 0.717) is 17.0 Å². The first-order chi connectivity index (χ1) is 8.70. The van der Waals surface area contributed by atoms with Crippen LogP contribution in [-0.4, -0.2) is 18.1 Å². The second-order valence-electron chi connectivity index (χ2n) is 3.46. The summed E-state index contributed by atoms with van der Waals surface area (Å²) >= 11 is 1.43. The third-order valence-corrected chi connectivity index (χ3v) is 3.04. The van der Waals surface area contributed by atoms with Crippen LogP contribution in [0.25, 0.3) is 0 Å². The van der Waals surface area contributed by atoms with Gasteiger partial charge in [-0.25, -0.2) is 9.78 Å². The number of nitrogen functional groups attached to an aromatic ring is 1. The zero-order chi connectivity index (χ0) is 13.0. The highest BCUT2D eigenvalue weighted by Gasteiger charge is 2.13. The Bertz CT molecular complexity index is 540. The first-order valence-corrected chi connectivity index (χ1v) is 6.07. The number of carbonyl (C=O) groups excluding carboxylic acids is 1. The van der Waals surface area contributed by atoms with Gasteiger partial charge in [0.1, 0.15) is 17.4 Å². The van der Waals surface area contributed by atoms with Crippen LogP contribution in [0.5, 0.6) is 5.75 Å². The molecule has 2 N–H and O–H groups in total. The SMILES string of the molecule is COc1ccc(N)c(C(=O)OCc2nccs2)c1. The van der Waals surface area contributed by atoms with Crippen LogP contribution >= 0.6 is 11.3 Å². The molecule has 1 aromatic carbocycles. The molecule has 0 radical (unpaired) electrons. The molecule has 0 unspecified atom stereocenters. The van der Waals surface area contributed by atoms with E-state index in [1.807, 2.05) is 5.38 Å². The molecular weight excluding hydrogens is 252 g/mol. The Kier molecular flexibility index (Phi) is 3.78. The highest BCUT2D eigenvalue weighted by atomic mass is 32.1. The van der Waals surface area contributed by atoms with Crippen molar-refractivity contribution in [2.75, 3.05) is 12.8 Å². The molecule has 2 aromatic rings. The number of hydrogen-bond donors (Lipinski definition) is 1. The van der Waals surface area contributed by atoms with E-state index >= 15 is 0 Å². The molecule has 0 saturated carbocycles. The predicted octanol–water partition coefficient (Wildman–Crippen LogP) is 2.09. The zero-order valence-electron chi connectivity index (χ0n) is 9.75. The Balaban J connectivity index is 2.08. The second kappa shape index (κ2) is 5.50. The molecule has 0 amide bonds. The monoisotopic (exact) mass is 264 g/mol. The number of nitrogens with zero attached hydrogens (tertiary/aromatic N) is 1. The van der Waals surface area contributed by atoms with Gasteiger partial charge in [0.05, 0.1) is 12.7 Å². The molecular formula is C12H12N2O3S. The van der Waals surface area contributed by atoms with Crippen molar-refractivity contribution >= 4 is 23.0 Å². The molecule has 0 atom stereocenters. The fourth-order valence-electron chi connectivity index (χ4n) is 1.37. The van der Waals surface area contributed by atoms with E-state index in [0.717, 1.165) is 5.01 Å². The molecule has 1 aromatic heterocycles. The molecule has 0 aliphatic carbocycles. The van der Waals surface area contributed by atoms with Gasteiger partial charge in [0.15, 0.2) is 0 Å². The molecule has 18 heavy (non-hydrogen) atoms. The van der Waals surface area contributed by atoms with Crippen LogP contribution in [0.15, 0.2) is 29.8 Å². The third-order valence-electron chi connectivity index (χ3n) is 2.29. The Morgan fingerprint density at radius 1 is 1.50 bits per heavy atom. The van der Waals surface area contributed by atoms with Crippen LogP contribution < -0.4 is 10.5 Å². The van der Waals surface area contributed by atoms with Crippen LogP contribution in [0.1, 0.15) is 15.4 Å². The summed E-state index contributed by atoms with van der Waals surface area (Å²) in [5.41, 5.74) is 6.38. The summed E-state index contributed by atoms with van der Waals surface area (Å²) < 4.78 is 10.2. The molecule has 94 valence electrons. The van der Waals surface area contributed by atoms with Crippen molar-refractivity contribution in [1.82, 2.24) is 4.98 Å². The van der Waals surface area contributed by atoms with Gasteiger partial charge in [0.2, 0.25) is 0 Å². The molecule has 0 aliphatic rings. The summed E-state index contributed by atoms with van der Waals surface area (Å²) in [6.45, 7) is 0.146. The average molecular weight is 264 g/mol. The van der Waals surface area contributed by atoms with Crippen LogP contribution in [-0.2, 0) is 11.3 Å². The number of aromatic nitrogens is 1. The number of rotatable bonds is 4. The minimum atomic E-state index is -0.485. The molecule has 5 nitrogen and oxygen atoms in total. The fourth-order valence-corrected chi connectivity index (χ4v) is 1.90. The van der Waals surface area contributed by atoms with Crippen LogP contribution in [0.3, 0.4) is 0 Å². The van der Waals surface area contributed by atoms with E-state index in [9.17, 15) is 4.79 Å². The molecule has 6 heteroatoms. The minimum Gasteiger partial charge on any atom is -0.497 e. The fraction of sp³-hybridized carbons (Fsp3) is 0.167. The highest BCUT2D eigenvalue weighted by Crippen LogP contribution is 2.20. The van der Waals surface area contributed by atoms with Gasteiger partial charge in [-0.15, -0.1) is 11.3 Å². The zero-order valence-corrected chi connectivity index (χ0v) is 10.6. The Morgan fingerprint density at radius 3 is 3.00 bits per heavy atom. The highest BCUT2D eigenvalue weighted by molar-refractivity contribution is 7.09. The topological polar surface area (TPSA) is 74.4 Å². The van der Waals surface area contributed by atoms with Gasteiger partial charge in [-0.2, -0.15) is 0 Å². The van der Waals surface area contributed by atoms with Crippen molar-refractivity contribution < 1.29 is 14.3 Å². The number of nitrogens with two attached hydrogens (primary N) is 1. The third kappa shape index (κ3) is 2.78. The summed E-state index contributed by atoms with van der Waals surface area (Å²) in [7, 11) is 1.52. The van der Waals surface area contributed by atoms with Crippen molar-refractivity contribution in [3.63, 3.8) is 0 Å². The smallest absolute Gasteiger partial charge is 0.340 e. The number of methoxy groups -OCH3 is 1. The Hall–Kier alpha value is -2.08. The van der Waals surface area contributed by atoms with Gasteiger partial charge in [-0.3, -0.25) is 0 Å². The van der Waals surface area contributed by atoms with Crippen LogP contribution in [0.2, 0.25) is 0 Å². The van der Waals surface area contributed by atoms with Crippen molar-refractivity contribution in [1.29, 1.82) is 0 Å². The number of ether oxygens (including phenoxy) is 2. The van der Waals surface area contributed by atoms with E-state index in [1.54, 1.807) is 24.4 Å². The van der Waals surface area contributed by atoms with Gasteiger partial charge in [0, 0.05) is 17.3 Å². The van der Waals surface area contributed by atoms with Crippen LogP contribution in [0, 0.1) is 0 Å². The van der Waals surface area contributed by atoms with Crippen LogP contribution in [0.4, 0.5) is 5.69 Å². The standard InChI is InChI=1S/C12H12N2O3S/c1-16-8-2-3-10(13)9(6-8)12(15)17-7-11-14-4-5-18-11/h2-6H,7,13H2,1H3. The van der Waals surface area contributed by atoms with Gasteiger partial charge < -0.3 is 15.2 Å². The molecule has 0 spiro atoms. The van der Waals surface area contributed by atoms with Gasteiger partial charge in [0.25, 0.3) is 0 Å². The van der Waals surface area contributed by atoms with E-state index < -0.39 is 5.97 Å². The van der Waals surface area contributed by atoms with E-state index in [4.69, 9.17) is 15.2 Å².